The lowest BCUT2D eigenvalue weighted by Gasteiger charge is -2.42. The fourth-order valence-electron chi connectivity index (χ4n) is 6.45. The second kappa shape index (κ2) is 9.83. The van der Waals surface area contributed by atoms with Gasteiger partial charge in [-0.15, -0.1) is 0 Å². The molecule has 198 valence electrons. The first-order valence-corrected chi connectivity index (χ1v) is 14.2. The molecule has 6 aromatic carbocycles. The van der Waals surface area contributed by atoms with Crippen molar-refractivity contribution in [3.8, 4) is 34.1 Å². The molecule has 0 N–H and O–H groups in total. The zero-order valence-electron chi connectivity index (χ0n) is 22.8. The summed E-state index contributed by atoms with van der Waals surface area (Å²) in [5.41, 5.74) is 7.73. The number of nitrogens with zero attached hydrogens (tertiary/aromatic N) is 2. The molecule has 0 fully saturated rings. The van der Waals surface area contributed by atoms with Gasteiger partial charge in [-0.25, -0.2) is 9.97 Å². The van der Waals surface area contributed by atoms with Crippen molar-refractivity contribution in [2.24, 2.45) is 0 Å². The molecule has 2 heterocycles. The number of hydrogen-bond donors (Lipinski definition) is 0. The molecule has 0 bridgehead atoms. The summed E-state index contributed by atoms with van der Waals surface area (Å²) in [6, 6.07) is 54.8. The molecule has 3 nitrogen and oxygen atoms in total. The lowest BCUT2D eigenvalue weighted by atomic mass is 9.62. The average molecular weight is 539 g/mol. The molecule has 0 unspecified atom stereocenters. The van der Waals surface area contributed by atoms with Crippen LogP contribution in [0, 0.1) is 0 Å². The van der Waals surface area contributed by atoms with E-state index in [0.717, 1.165) is 55.9 Å². The highest BCUT2D eigenvalue weighted by Gasteiger charge is 2.46. The van der Waals surface area contributed by atoms with Gasteiger partial charge in [-0.1, -0.05) is 140 Å². The van der Waals surface area contributed by atoms with Gasteiger partial charge in [0, 0.05) is 27.6 Å². The standard InChI is InChI=1S/C39H26N2O/c1-3-15-27(16-4-1)38-40-34-24-12-8-20-30(34)37(41-38)29-19-7-9-21-31(29)39(28-17-5-2-6-18-28)32-22-10-13-25-35(32)42-36-26-14-11-23-33(36)39/h1-26H. The van der Waals surface area contributed by atoms with Gasteiger partial charge >= 0.3 is 0 Å². The lowest BCUT2D eigenvalue weighted by Crippen LogP contribution is -2.34. The third-order valence-electron chi connectivity index (χ3n) is 8.23. The van der Waals surface area contributed by atoms with Gasteiger partial charge < -0.3 is 4.74 Å². The van der Waals surface area contributed by atoms with Crippen molar-refractivity contribution in [2.45, 2.75) is 5.41 Å². The van der Waals surface area contributed by atoms with E-state index < -0.39 is 5.41 Å². The molecule has 0 saturated carbocycles. The Hall–Kier alpha value is -5.54. The molecule has 7 aromatic rings. The Labute approximate surface area is 244 Å². The summed E-state index contributed by atoms with van der Waals surface area (Å²) in [6.07, 6.45) is 0. The summed E-state index contributed by atoms with van der Waals surface area (Å²) in [4.78, 5) is 10.3. The molecule has 0 aliphatic carbocycles. The van der Waals surface area contributed by atoms with E-state index in [1.807, 2.05) is 36.4 Å². The normalized spacial score (nSPS) is 13.1. The second-order valence-corrected chi connectivity index (χ2v) is 10.5. The fraction of sp³-hybridized carbons (Fsp3) is 0.0256. The van der Waals surface area contributed by atoms with Crippen LogP contribution in [0.15, 0.2) is 158 Å². The quantitative estimate of drug-likeness (QED) is 0.224. The van der Waals surface area contributed by atoms with Crippen LogP contribution in [0.25, 0.3) is 33.5 Å². The van der Waals surface area contributed by atoms with Crippen LogP contribution in [0.2, 0.25) is 0 Å². The van der Waals surface area contributed by atoms with Crippen LogP contribution in [-0.4, -0.2) is 9.97 Å². The van der Waals surface area contributed by atoms with Crippen LogP contribution < -0.4 is 4.74 Å². The smallest absolute Gasteiger partial charge is 0.160 e. The first kappa shape index (κ1) is 24.3. The van der Waals surface area contributed by atoms with Crippen LogP contribution in [0.5, 0.6) is 11.5 Å². The Morgan fingerprint density at radius 1 is 0.452 bits per heavy atom. The third-order valence-corrected chi connectivity index (χ3v) is 8.23. The van der Waals surface area contributed by atoms with Crippen LogP contribution in [-0.2, 0) is 5.41 Å². The van der Waals surface area contributed by atoms with Crippen LogP contribution in [0.1, 0.15) is 22.3 Å². The summed E-state index contributed by atoms with van der Waals surface area (Å²) >= 11 is 0. The third kappa shape index (κ3) is 3.68. The van der Waals surface area contributed by atoms with E-state index in [-0.39, 0.29) is 0 Å². The average Bonchev–Trinajstić information content (AvgIpc) is 3.07. The molecule has 1 aliphatic heterocycles. The second-order valence-electron chi connectivity index (χ2n) is 10.5. The highest BCUT2D eigenvalue weighted by molar-refractivity contribution is 5.95. The topological polar surface area (TPSA) is 35.0 Å². The van der Waals surface area contributed by atoms with Crippen molar-refractivity contribution in [3.63, 3.8) is 0 Å². The molecule has 0 amide bonds. The Balaban J connectivity index is 1.52. The molecule has 42 heavy (non-hydrogen) atoms. The van der Waals surface area contributed by atoms with Gasteiger partial charge in [-0.2, -0.15) is 0 Å². The minimum atomic E-state index is -0.651. The molecule has 0 atom stereocenters. The molecular formula is C39H26N2O. The first-order chi connectivity index (χ1) is 20.8. The van der Waals surface area contributed by atoms with E-state index in [4.69, 9.17) is 14.7 Å². The predicted molar refractivity (Wildman–Crippen MR) is 169 cm³/mol. The molecule has 0 saturated heterocycles. The summed E-state index contributed by atoms with van der Waals surface area (Å²) < 4.78 is 6.54. The lowest BCUT2D eigenvalue weighted by molar-refractivity contribution is 0.434. The van der Waals surface area contributed by atoms with E-state index in [0.29, 0.717) is 5.82 Å². The van der Waals surface area contributed by atoms with Gasteiger partial charge in [0.05, 0.1) is 16.6 Å². The van der Waals surface area contributed by atoms with Crippen molar-refractivity contribution < 1.29 is 4.74 Å². The zero-order valence-corrected chi connectivity index (χ0v) is 22.8. The van der Waals surface area contributed by atoms with Gasteiger partial charge in [0.15, 0.2) is 5.82 Å². The maximum absolute atomic E-state index is 6.54. The fourth-order valence-corrected chi connectivity index (χ4v) is 6.45. The van der Waals surface area contributed by atoms with E-state index in [1.165, 1.54) is 5.56 Å². The predicted octanol–water partition coefficient (Wildman–Crippen LogP) is 9.45. The summed E-state index contributed by atoms with van der Waals surface area (Å²) in [7, 11) is 0. The van der Waals surface area contributed by atoms with Crippen molar-refractivity contribution in [1.82, 2.24) is 9.97 Å². The largest absolute Gasteiger partial charge is 0.457 e. The van der Waals surface area contributed by atoms with Gasteiger partial charge in [0.2, 0.25) is 0 Å². The summed E-state index contributed by atoms with van der Waals surface area (Å²) in [6.45, 7) is 0. The van der Waals surface area contributed by atoms with Crippen molar-refractivity contribution in [3.05, 3.63) is 180 Å². The van der Waals surface area contributed by atoms with Gasteiger partial charge in [-0.05, 0) is 29.3 Å². The number of rotatable bonds is 4. The zero-order chi connectivity index (χ0) is 27.9. The number of aromatic nitrogens is 2. The van der Waals surface area contributed by atoms with Gasteiger partial charge in [0.25, 0.3) is 0 Å². The minimum absolute atomic E-state index is 0.651. The Morgan fingerprint density at radius 2 is 1.00 bits per heavy atom. The van der Waals surface area contributed by atoms with Crippen LogP contribution in [0.4, 0.5) is 0 Å². The monoisotopic (exact) mass is 538 g/mol. The number of fused-ring (bicyclic) bond motifs is 3. The molecule has 3 heteroatoms. The number of para-hydroxylation sites is 3. The maximum Gasteiger partial charge on any atom is 0.160 e. The van der Waals surface area contributed by atoms with Crippen molar-refractivity contribution >= 4 is 10.9 Å². The van der Waals surface area contributed by atoms with Gasteiger partial charge in [-0.3, -0.25) is 0 Å². The van der Waals surface area contributed by atoms with E-state index in [1.54, 1.807) is 0 Å². The Morgan fingerprint density at radius 3 is 1.71 bits per heavy atom. The number of ether oxygens (including phenoxy) is 1. The van der Waals surface area contributed by atoms with Crippen molar-refractivity contribution in [1.29, 1.82) is 0 Å². The highest BCUT2D eigenvalue weighted by atomic mass is 16.5. The molecular weight excluding hydrogens is 512 g/mol. The van der Waals surface area contributed by atoms with Gasteiger partial charge in [0.1, 0.15) is 11.5 Å². The van der Waals surface area contributed by atoms with Crippen LogP contribution in [0.3, 0.4) is 0 Å². The van der Waals surface area contributed by atoms with E-state index in [9.17, 15) is 0 Å². The Bertz CT molecular complexity index is 2020. The highest BCUT2D eigenvalue weighted by Crippen LogP contribution is 2.56. The number of hydrogen-bond acceptors (Lipinski definition) is 3. The minimum Gasteiger partial charge on any atom is -0.457 e. The van der Waals surface area contributed by atoms with Crippen molar-refractivity contribution in [2.75, 3.05) is 0 Å². The number of benzene rings is 6. The molecule has 0 spiro atoms. The van der Waals surface area contributed by atoms with Crippen LogP contribution >= 0.6 is 0 Å². The summed E-state index contributed by atoms with van der Waals surface area (Å²) in [5, 5.41) is 1.02. The maximum atomic E-state index is 6.54. The summed E-state index contributed by atoms with van der Waals surface area (Å²) in [5.74, 6) is 2.42. The molecule has 1 aliphatic rings. The molecule has 0 radical (unpaired) electrons. The molecule has 1 aromatic heterocycles. The van der Waals surface area contributed by atoms with E-state index >= 15 is 0 Å². The van der Waals surface area contributed by atoms with E-state index in [2.05, 4.69) is 121 Å². The Kier molecular flexibility index (Phi) is 5.68. The SMILES string of the molecule is c1ccc(-c2nc(-c3ccccc3C3(c4ccccc4)c4ccccc4Oc4ccccc43)c3ccccc3n2)cc1. The first-order valence-electron chi connectivity index (χ1n) is 14.2. The molecule has 8 rings (SSSR count).